The van der Waals surface area contributed by atoms with Crippen molar-refractivity contribution in [3.63, 3.8) is 0 Å². The predicted molar refractivity (Wildman–Crippen MR) is 88.9 cm³/mol. The topological polar surface area (TPSA) is 9.23 Å². The summed E-state index contributed by atoms with van der Waals surface area (Å²) in [5.41, 5.74) is 3.13. The van der Waals surface area contributed by atoms with Gasteiger partial charge in [0.1, 0.15) is 0 Å². The Labute approximate surface area is 126 Å². The third kappa shape index (κ3) is 5.14. The van der Waals surface area contributed by atoms with Crippen molar-refractivity contribution >= 4 is 6.08 Å². The minimum absolute atomic E-state index is 0.569. The Morgan fingerprint density at radius 1 is 0.905 bits per heavy atom. The smallest absolute Gasteiger partial charge is 0.0655 e. The molecule has 0 bridgehead atoms. The summed E-state index contributed by atoms with van der Waals surface area (Å²) in [5, 5.41) is 0. The van der Waals surface area contributed by atoms with Crippen molar-refractivity contribution in [3.05, 3.63) is 90.0 Å². The monoisotopic (exact) mass is 274 g/mol. The number of ether oxygens (including phenoxy) is 1. The van der Waals surface area contributed by atoms with Gasteiger partial charge in [0.15, 0.2) is 0 Å². The van der Waals surface area contributed by atoms with Gasteiger partial charge in [-0.05, 0) is 23.8 Å². The molecule has 1 heteroatoms. The fourth-order valence-electron chi connectivity index (χ4n) is 1.81. The van der Waals surface area contributed by atoms with Crippen LogP contribution in [-0.4, -0.2) is 13.2 Å². The van der Waals surface area contributed by atoms with E-state index in [1.54, 1.807) is 6.08 Å². The van der Waals surface area contributed by atoms with Crippen LogP contribution in [0.5, 0.6) is 0 Å². The summed E-state index contributed by atoms with van der Waals surface area (Å²) in [7, 11) is 0. The van der Waals surface area contributed by atoms with Gasteiger partial charge in [-0.15, -0.1) is 6.58 Å². The van der Waals surface area contributed by atoms with Crippen LogP contribution in [-0.2, 0) is 4.74 Å². The maximum Gasteiger partial charge on any atom is 0.0655 e. The first-order valence-electron chi connectivity index (χ1n) is 6.91. The molecule has 0 aliphatic rings. The first kappa shape index (κ1) is 14.8. The molecular formula is C20H18O. The summed E-state index contributed by atoms with van der Waals surface area (Å²) in [6.45, 7) is 4.76. The van der Waals surface area contributed by atoms with Crippen LogP contribution in [0.1, 0.15) is 16.7 Å². The summed E-state index contributed by atoms with van der Waals surface area (Å²) in [4.78, 5) is 0. The van der Waals surface area contributed by atoms with Crippen molar-refractivity contribution in [2.24, 2.45) is 0 Å². The van der Waals surface area contributed by atoms with Crippen molar-refractivity contribution in [3.8, 4) is 11.8 Å². The van der Waals surface area contributed by atoms with Gasteiger partial charge in [-0.3, -0.25) is 0 Å². The molecule has 0 heterocycles. The number of rotatable bonds is 5. The second kappa shape index (κ2) is 8.58. The molecule has 0 amide bonds. The Morgan fingerprint density at radius 3 is 2.48 bits per heavy atom. The quantitative estimate of drug-likeness (QED) is 0.448. The Balaban J connectivity index is 2.10. The maximum absolute atomic E-state index is 5.33. The zero-order valence-corrected chi connectivity index (χ0v) is 12.0. The van der Waals surface area contributed by atoms with E-state index in [1.807, 2.05) is 60.7 Å². The highest BCUT2D eigenvalue weighted by Crippen LogP contribution is 2.10. The zero-order valence-electron chi connectivity index (χ0n) is 12.0. The lowest BCUT2D eigenvalue weighted by Crippen LogP contribution is -1.89. The maximum atomic E-state index is 5.33. The summed E-state index contributed by atoms with van der Waals surface area (Å²) >= 11 is 0. The van der Waals surface area contributed by atoms with E-state index in [-0.39, 0.29) is 0 Å². The fraction of sp³-hybridized carbons (Fsp3) is 0.100. The van der Waals surface area contributed by atoms with Crippen molar-refractivity contribution in [1.82, 2.24) is 0 Å². The Hall–Kier alpha value is -2.56. The first-order valence-corrected chi connectivity index (χ1v) is 6.91. The van der Waals surface area contributed by atoms with E-state index in [4.69, 9.17) is 4.74 Å². The van der Waals surface area contributed by atoms with Crippen LogP contribution < -0.4 is 0 Å². The molecule has 2 rings (SSSR count). The highest BCUT2D eigenvalue weighted by molar-refractivity contribution is 5.60. The van der Waals surface area contributed by atoms with Crippen LogP contribution in [0.3, 0.4) is 0 Å². The largest absolute Gasteiger partial charge is 0.373 e. The van der Waals surface area contributed by atoms with Crippen molar-refractivity contribution < 1.29 is 4.74 Å². The van der Waals surface area contributed by atoms with Gasteiger partial charge < -0.3 is 4.74 Å². The fourth-order valence-corrected chi connectivity index (χ4v) is 1.81. The molecule has 1 nitrogen and oxygen atoms in total. The minimum atomic E-state index is 0.569. The molecule has 0 fully saturated rings. The van der Waals surface area contributed by atoms with Crippen LogP contribution in [0.15, 0.2) is 73.3 Å². The number of benzene rings is 2. The minimum Gasteiger partial charge on any atom is -0.373 e. The summed E-state index contributed by atoms with van der Waals surface area (Å²) < 4.78 is 5.33. The van der Waals surface area contributed by atoms with Gasteiger partial charge in [-0.1, -0.05) is 66.5 Å². The predicted octanol–water partition coefficient (Wildman–Crippen LogP) is 4.30. The molecule has 0 spiro atoms. The van der Waals surface area contributed by atoms with Crippen LogP contribution >= 0.6 is 0 Å². The second-order valence-electron chi connectivity index (χ2n) is 4.43. The molecule has 21 heavy (non-hydrogen) atoms. The Bertz CT molecular complexity index is 657. The molecule has 0 aliphatic heterocycles. The molecule has 0 aliphatic carbocycles. The summed E-state index contributed by atoms with van der Waals surface area (Å²) in [6, 6.07) is 18.1. The Morgan fingerprint density at radius 2 is 1.67 bits per heavy atom. The number of hydrogen-bond acceptors (Lipinski definition) is 1. The molecule has 0 unspecified atom stereocenters. The van der Waals surface area contributed by atoms with E-state index in [1.165, 1.54) is 0 Å². The molecule has 0 atom stereocenters. The van der Waals surface area contributed by atoms with Crippen molar-refractivity contribution in [2.75, 3.05) is 13.2 Å². The zero-order chi connectivity index (χ0) is 14.8. The van der Waals surface area contributed by atoms with Gasteiger partial charge in [0, 0.05) is 11.1 Å². The molecule has 0 saturated carbocycles. The average Bonchev–Trinajstić information content (AvgIpc) is 2.55. The molecule has 0 aromatic heterocycles. The normalized spacial score (nSPS) is 10.1. The lowest BCUT2D eigenvalue weighted by Gasteiger charge is -1.99. The van der Waals surface area contributed by atoms with Crippen molar-refractivity contribution in [1.29, 1.82) is 0 Å². The molecule has 2 aromatic carbocycles. The molecular weight excluding hydrogens is 256 g/mol. The lowest BCUT2D eigenvalue weighted by molar-refractivity contribution is 0.194. The highest BCUT2D eigenvalue weighted by Gasteiger charge is 1.94. The standard InChI is InChI=1S/C20H18O/c1-2-16-21-17-8-13-19-11-6-7-12-20(19)15-14-18-9-4-3-5-10-18/h2-13H,1,16-17H2. The van der Waals surface area contributed by atoms with Crippen LogP contribution in [0, 0.1) is 11.8 Å². The highest BCUT2D eigenvalue weighted by atomic mass is 16.5. The van der Waals surface area contributed by atoms with Gasteiger partial charge in [0.05, 0.1) is 13.2 Å². The van der Waals surface area contributed by atoms with Crippen LogP contribution in [0.25, 0.3) is 6.08 Å². The SMILES string of the molecule is C=CCOCC=Cc1ccccc1C#Cc1ccccc1. The summed E-state index contributed by atoms with van der Waals surface area (Å²) in [6.07, 6.45) is 5.78. The van der Waals surface area contributed by atoms with Crippen LogP contribution in [0.2, 0.25) is 0 Å². The van der Waals surface area contributed by atoms with E-state index in [0.29, 0.717) is 13.2 Å². The molecule has 104 valence electrons. The first-order chi connectivity index (χ1) is 10.4. The van der Waals surface area contributed by atoms with Gasteiger partial charge in [0.25, 0.3) is 0 Å². The lowest BCUT2D eigenvalue weighted by atomic mass is 10.1. The van der Waals surface area contributed by atoms with Gasteiger partial charge in [-0.2, -0.15) is 0 Å². The Kier molecular flexibility index (Phi) is 6.06. The molecule has 2 aromatic rings. The third-order valence-electron chi connectivity index (χ3n) is 2.82. The number of hydrogen-bond donors (Lipinski definition) is 0. The molecule has 0 radical (unpaired) electrons. The van der Waals surface area contributed by atoms with E-state index >= 15 is 0 Å². The average molecular weight is 274 g/mol. The second-order valence-corrected chi connectivity index (χ2v) is 4.43. The van der Waals surface area contributed by atoms with Gasteiger partial charge in [-0.25, -0.2) is 0 Å². The van der Waals surface area contributed by atoms with Crippen molar-refractivity contribution in [2.45, 2.75) is 0 Å². The van der Waals surface area contributed by atoms with E-state index in [0.717, 1.165) is 16.7 Å². The van der Waals surface area contributed by atoms with Crippen LogP contribution in [0.4, 0.5) is 0 Å². The third-order valence-corrected chi connectivity index (χ3v) is 2.82. The van der Waals surface area contributed by atoms with E-state index in [2.05, 4.69) is 24.5 Å². The molecule has 0 N–H and O–H groups in total. The van der Waals surface area contributed by atoms with Gasteiger partial charge in [0.2, 0.25) is 0 Å². The summed E-state index contributed by atoms with van der Waals surface area (Å²) in [5.74, 6) is 6.41. The van der Waals surface area contributed by atoms with Gasteiger partial charge >= 0.3 is 0 Å². The van der Waals surface area contributed by atoms with E-state index in [9.17, 15) is 0 Å². The van der Waals surface area contributed by atoms with E-state index < -0.39 is 0 Å². The molecule has 0 saturated heterocycles.